The summed E-state index contributed by atoms with van der Waals surface area (Å²) >= 11 is 0. The number of piperidine rings is 2. The number of nitrogens with one attached hydrogen (secondary N) is 2. The van der Waals surface area contributed by atoms with Gasteiger partial charge in [-0.1, -0.05) is 6.07 Å². The van der Waals surface area contributed by atoms with Crippen LogP contribution >= 0.6 is 0 Å². The quantitative estimate of drug-likeness (QED) is 0.587. The van der Waals surface area contributed by atoms with E-state index in [9.17, 15) is 14.4 Å². The van der Waals surface area contributed by atoms with Crippen molar-refractivity contribution >= 4 is 23.4 Å². The van der Waals surface area contributed by atoms with Crippen LogP contribution in [0.15, 0.2) is 18.2 Å². The van der Waals surface area contributed by atoms with E-state index in [1.54, 1.807) is 4.90 Å². The maximum absolute atomic E-state index is 13.0. The van der Waals surface area contributed by atoms with Crippen molar-refractivity contribution in [2.75, 3.05) is 25.0 Å². The summed E-state index contributed by atoms with van der Waals surface area (Å²) in [6, 6.07) is 6.30. The molecule has 8 nitrogen and oxygen atoms in total. The van der Waals surface area contributed by atoms with E-state index in [-0.39, 0.29) is 24.1 Å². The van der Waals surface area contributed by atoms with Crippen LogP contribution in [0.25, 0.3) is 0 Å². The predicted molar refractivity (Wildman–Crippen MR) is 126 cm³/mol. The topological polar surface area (TPSA) is 108 Å². The highest BCUT2D eigenvalue weighted by Crippen LogP contribution is 2.33. The Balaban J connectivity index is 1.17. The Morgan fingerprint density at radius 3 is 2.48 bits per heavy atom. The lowest BCUT2D eigenvalue weighted by Crippen LogP contribution is -2.52. The molecule has 1 aromatic carbocycles. The Labute approximate surface area is 195 Å². The van der Waals surface area contributed by atoms with Gasteiger partial charge in [0.25, 0.3) is 5.91 Å². The molecule has 0 spiro atoms. The molecule has 0 bridgehead atoms. The van der Waals surface area contributed by atoms with Crippen LogP contribution < -0.4 is 16.4 Å². The molecular weight excluding hydrogens is 418 g/mol. The molecule has 2 saturated heterocycles. The van der Waals surface area contributed by atoms with Crippen molar-refractivity contribution in [2.24, 2.45) is 11.7 Å². The number of hydrogen-bond acceptors (Lipinski definition) is 6. The van der Waals surface area contributed by atoms with Crippen LogP contribution in [-0.4, -0.2) is 65.3 Å². The van der Waals surface area contributed by atoms with Crippen LogP contribution in [0, 0.1) is 5.92 Å². The summed E-state index contributed by atoms with van der Waals surface area (Å²) in [5, 5.41) is 5.98. The van der Waals surface area contributed by atoms with Crippen LogP contribution in [0.3, 0.4) is 0 Å². The van der Waals surface area contributed by atoms with Crippen molar-refractivity contribution in [3.8, 4) is 0 Å². The number of nitrogens with zero attached hydrogens (tertiary/aromatic N) is 2. The van der Waals surface area contributed by atoms with Gasteiger partial charge in [0.05, 0.1) is 0 Å². The molecule has 5 rings (SSSR count). The Bertz CT molecular complexity index is 919. The van der Waals surface area contributed by atoms with Crippen molar-refractivity contribution in [2.45, 2.75) is 76.0 Å². The Kier molecular flexibility index (Phi) is 6.38. The zero-order valence-corrected chi connectivity index (χ0v) is 19.2. The second kappa shape index (κ2) is 9.43. The van der Waals surface area contributed by atoms with Crippen LogP contribution in [0.2, 0.25) is 0 Å². The number of anilines is 1. The van der Waals surface area contributed by atoms with Crippen LogP contribution in [-0.2, 0) is 16.1 Å². The first-order valence-corrected chi connectivity index (χ1v) is 12.5. The molecule has 1 aliphatic carbocycles. The lowest BCUT2D eigenvalue weighted by atomic mass is 9.88. The van der Waals surface area contributed by atoms with E-state index in [0.717, 1.165) is 43.7 Å². The van der Waals surface area contributed by atoms with Gasteiger partial charge in [-0.2, -0.15) is 0 Å². The molecule has 4 N–H and O–H groups in total. The molecule has 1 atom stereocenters. The molecule has 0 aromatic heterocycles. The second-order valence-corrected chi connectivity index (χ2v) is 10.2. The summed E-state index contributed by atoms with van der Waals surface area (Å²) < 4.78 is 0. The van der Waals surface area contributed by atoms with Gasteiger partial charge in [0, 0.05) is 48.4 Å². The van der Waals surface area contributed by atoms with Gasteiger partial charge in [-0.05, 0) is 76.1 Å². The summed E-state index contributed by atoms with van der Waals surface area (Å²) in [7, 11) is 0. The van der Waals surface area contributed by atoms with E-state index in [2.05, 4.69) is 15.5 Å². The third kappa shape index (κ3) is 4.64. The fourth-order valence-electron chi connectivity index (χ4n) is 5.99. The summed E-state index contributed by atoms with van der Waals surface area (Å²) in [5.41, 5.74) is 8.68. The van der Waals surface area contributed by atoms with Gasteiger partial charge < -0.3 is 20.9 Å². The van der Waals surface area contributed by atoms with E-state index in [0.29, 0.717) is 36.5 Å². The standard InChI is InChI=1S/C25H35N5O3/c26-17-4-6-18(7-5-17)29-12-10-16(11-13-29)14-27-21-3-1-2-19-20(21)15-30(25(19)33)22-8-9-23(31)28-24(22)32/h1-3,16-18,22,27H,4-15,26H2,(H,28,31,32). The summed E-state index contributed by atoms with van der Waals surface area (Å²) in [5.74, 6) is -0.135. The highest BCUT2D eigenvalue weighted by atomic mass is 16.2. The highest BCUT2D eigenvalue weighted by Gasteiger charge is 2.40. The van der Waals surface area contributed by atoms with E-state index in [1.807, 2.05) is 18.2 Å². The molecule has 3 amide bonds. The minimum atomic E-state index is -0.575. The number of likely N-dealkylation sites (tertiary alicyclic amines) is 1. The monoisotopic (exact) mass is 453 g/mol. The second-order valence-electron chi connectivity index (χ2n) is 10.2. The van der Waals surface area contributed by atoms with E-state index in [1.165, 1.54) is 25.7 Å². The first-order chi connectivity index (χ1) is 16.0. The molecule has 1 unspecified atom stereocenters. The number of hydrogen-bond donors (Lipinski definition) is 3. The normalized spacial score (nSPS) is 29.2. The molecule has 0 radical (unpaired) electrons. The molecule has 3 heterocycles. The molecule has 4 aliphatic rings. The first kappa shape index (κ1) is 22.3. The van der Waals surface area contributed by atoms with Gasteiger partial charge in [0.2, 0.25) is 11.8 Å². The van der Waals surface area contributed by atoms with Crippen molar-refractivity contribution in [1.29, 1.82) is 0 Å². The number of carbonyl (C=O) groups excluding carboxylic acids is 3. The van der Waals surface area contributed by atoms with Gasteiger partial charge in [-0.3, -0.25) is 19.7 Å². The number of rotatable bonds is 5. The molecule has 1 saturated carbocycles. The van der Waals surface area contributed by atoms with Gasteiger partial charge in [-0.15, -0.1) is 0 Å². The minimum Gasteiger partial charge on any atom is -0.384 e. The van der Waals surface area contributed by atoms with E-state index in [4.69, 9.17) is 5.73 Å². The molecular formula is C25H35N5O3. The van der Waals surface area contributed by atoms with Crippen molar-refractivity contribution < 1.29 is 14.4 Å². The number of benzene rings is 1. The number of fused-ring (bicyclic) bond motifs is 1. The fraction of sp³-hybridized carbons (Fsp3) is 0.640. The molecule has 33 heavy (non-hydrogen) atoms. The zero-order chi connectivity index (χ0) is 22.9. The van der Waals surface area contributed by atoms with Crippen LogP contribution in [0.1, 0.15) is 67.3 Å². The SMILES string of the molecule is NC1CCC(N2CCC(CNc3cccc4c3CN(C3CCC(=O)NC3=O)C4=O)CC2)CC1. The van der Waals surface area contributed by atoms with Crippen molar-refractivity contribution in [3.63, 3.8) is 0 Å². The third-order valence-electron chi connectivity index (χ3n) is 8.07. The summed E-state index contributed by atoms with van der Waals surface area (Å²) in [4.78, 5) is 41.1. The van der Waals surface area contributed by atoms with Crippen molar-refractivity contribution in [3.05, 3.63) is 29.3 Å². The Hall–Kier alpha value is -2.45. The molecule has 178 valence electrons. The zero-order valence-electron chi connectivity index (χ0n) is 19.2. The van der Waals surface area contributed by atoms with E-state index < -0.39 is 6.04 Å². The van der Waals surface area contributed by atoms with Gasteiger partial charge in [0.15, 0.2) is 0 Å². The largest absolute Gasteiger partial charge is 0.384 e. The Morgan fingerprint density at radius 2 is 1.76 bits per heavy atom. The number of carbonyl (C=O) groups is 3. The molecule has 1 aromatic rings. The maximum Gasteiger partial charge on any atom is 0.255 e. The highest BCUT2D eigenvalue weighted by molar-refractivity contribution is 6.06. The van der Waals surface area contributed by atoms with Gasteiger partial charge in [0.1, 0.15) is 6.04 Å². The van der Waals surface area contributed by atoms with Crippen LogP contribution in [0.5, 0.6) is 0 Å². The van der Waals surface area contributed by atoms with Gasteiger partial charge >= 0.3 is 0 Å². The predicted octanol–water partition coefficient (Wildman–Crippen LogP) is 1.84. The third-order valence-corrected chi connectivity index (χ3v) is 8.07. The molecule has 3 fully saturated rings. The molecule has 3 aliphatic heterocycles. The average molecular weight is 454 g/mol. The lowest BCUT2D eigenvalue weighted by Gasteiger charge is -2.40. The lowest BCUT2D eigenvalue weighted by molar-refractivity contribution is -0.136. The summed E-state index contributed by atoms with van der Waals surface area (Å²) in [6.07, 6.45) is 7.81. The Morgan fingerprint density at radius 1 is 1.00 bits per heavy atom. The van der Waals surface area contributed by atoms with E-state index >= 15 is 0 Å². The minimum absolute atomic E-state index is 0.122. The molecule has 8 heteroatoms. The number of imide groups is 1. The first-order valence-electron chi connectivity index (χ1n) is 12.5. The van der Waals surface area contributed by atoms with Crippen LogP contribution in [0.4, 0.5) is 5.69 Å². The van der Waals surface area contributed by atoms with Crippen molar-refractivity contribution in [1.82, 2.24) is 15.1 Å². The van der Waals surface area contributed by atoms with Gasteiger partial charge in [-0.25, -0.2) is 0 Å². The fourth-order valence-corrected chi connectivity index (χ4v) is 5.99. The summed E-state index contributed by atoms with van der Waals surface area (Å²) in [6.45, 7) is 3.61. The smallest absolute Gasteiger partial charge is 0.255 e. The number of nitrogens with two attached hydrogens (primary N) is 1. The maximum atomic E-state index is 13.0. The number of amides is 3. The average Bonchev–Trinajstić information content (AvgIpc) is 3.15.